The minimum atomic E-state index is 0.0396. The molecule has 5 nitrogen and oxygen atoms in total. The Morgan fingerprint density at radius 3 is 2.80 bits per heavy atom. The van der Waals surface area contributed by atoms with Crippen LogP contribution in [0.4, 0.5) is 5.69 Å². The van der Waals surface area contributed by atoms with Crippen LogP contribution in [0.15, 0.2) is 67.1 Å². The van der Waals surface area contributed by atoms with Gasteiger partial charge in [0.25, 0.3) is 0 Å². The normalized spacial score (nSPS) is 13.0. The number of nitrogens with one attached hydrogen (secondary N) is 1. The number of carbonyl (C=O) groups excluding carboxylic acids is 1. The summed E-state index contributed by atoms with van der Waals surface area (Å²) >= 11 is 0. The molecule has 0 radical (unpaired) electrons. The third-order valence-electron chi connectivity index (χ3n) is 4.48. The Balaban J connectivity index is 1.78. The zero-order valence-corrected chi connectivity index (χ0v) is 13.3. The van der Waals surface area contributed by atoms with Crippen molar-refractivity contribution >= 4 is 17.2 Å². The maximum Gasteiger partial charge on any atom is 0.228 e. The molecule has 0 atom stereocenters. The first-order valence-corrected chi connectivity index (χ1v) is 8.10. The molecule has 0 fully saturated rings. The van der Waals surface area contributed by atoms with E-state index in [-0.39, 0.29) is 5.91 Å². The highest BCUT2D eigenvalue weighted by Gasteiger charge is 2.21. The molecule has 5 heteroatoms. The van der Waals surface area contributed by atoms with E-state index in [1.165, 1.54) is 0 Å². The fraction of sp³-hybridized carbons (Fsp3) is 0.0500. The molecule has 1 amide bonds. The minimum Gasteiger partial charge on any atom is -0.326 e. The average molecular weight is 326 g/mol. The molecule has 1 aliphatic rings. The van der Waals surface area contributed by atoms with Crippen molar-refractivity contribution in [2.24, 2.45) is 0 Å². The van der Waals surface area contributed by atoms with Gasteiger partial charge in [0.05, 0.1) is 24.0 Å². The van der Waals surface area contributed by atoms with Gasteiger partial charge in [-0.3, -0.25) is 14.2 Å². The van der Waals surface area contributed by atoms with E-state index in [9.17, 15) is 4.79 Å². The fourth-order valence-electron chi connectivity index (χ4n) is 3.36. The molecule has 0 bridgehead atoms. The van der Waals surface area contributed by atoms with E-state index < -0.39 is 0 Å². The van der Waals surface area contributed by atoms with Gasteiger partial charge in [-0.25, -0.2) is 4.98 Å². The third-order valence-corrected chi connectivity index (χ3v) is 4.48. The zero-order chi connectivity index (χ0) is 16.8. The lowest BCUT2D eigenvalue weighted by atomic mass is 10.0. The van der Waals surface area contributed by atoms with E-state index in [0.29, 0.717) is 6.42 Å². The molecule has 0 saturated carbocycles. The molecular formula is C20H14N4O. The van der Waals surface area contributed by atoms with Crippen LogP contribution < -0.4 is 5.32 Å². The lowest BCUT2D eigenvalue weighted by molar-refractivity contribution is -0.115. The molecular weight excluding hydrogens is 312 g/mol. The van der Waals surface area contributed by atoms with Crippen molar-refractivity contribution in [1.29, 1.82) is 0 Å². The molecule has 1 aliphatic heterocycles. The summed E-state index contributed by atoms with van der Waals surface area (Å²) in [6.45, 7) is 0. The smallest absolute Gasteiger partial charge is 0.228 e. The number of anilines is 1. The summed E-state index contributed by atoms with van der Waals surface area (Å²) in [5.41, 5.74) is 6.71. The molecule has 0 aliphatic carbocycles. The molecule has 4 aromatic rings. The largest absolute Gasteiger partial charge is 0.326 e. The lowest BCUT2D eigenvalue weighted by Gasteiger charge is -2.07. The molecule has 0 saturated heterocycles. The molecule has 5 rings (SSSR count). The standard InChI is InChI=1S/C20H14N4O/c25-18-11-15-10-14(6-7-16(15)22-18)20-19(13-4-2-1-3-5-13)23-17-12-21-8-9-24(17)20/h1-10,12H,11H2,(H,22,25). The Hall–Kier alpha value is -3.47. The number of rotatable bonds is 2. The van der Waals surface area contributed by atoms with Crippen LogP contribution in [-0.4, -0.2) is 20.3 Å². The van der Waals surface area contributed by atoms with E-state index in [0.717, 1.165) is 39.4 Å². The Bertz CT molecular complexity index is 1120. The van der Waals surface area contributed by atoms with Gasteiger partial charge in [-0.1, -0.05) is 36.4 Å². The van der Waals surface area contributed by atoms with E-state index >= 15 is 0 Å². The SMILES string of the molecule is O=C1Cc2cc(-c3c(-c4ccccc4)nc4cnccn34)ccc2N1. The average Bonchev–Trinajstić information content (AvgIpc) is 3.21. The number of fused-ring (bicyclic) bond motifs is 2. The summed E-state index contributed by atoms with van der Waals surface area (Å²) in [4.78, 5) is 20.6. The van der Waals surface area contributed by atoms with Crippen molar-refractivity contribution in [2.75, 3.05) is 5.32 Å². The first-order chi connectivity index (χ1) is 12.3. The topological polar surface area (TPSA) is 59.3 Å². The highest BCUT2D eigenvalue weighted by molar-refractivity contribution is 6.00. The van der Waals surface area contributed by atoms with Crippen LogP contribution in [0, 0.1) is 0 Å². The van der Waals surface area contributed by atoms with E-state index in [4.69, 9.17) is 4.98 Å². The van der Waals surface area contributed by atoms with Gasteiger partial charge in [0.2, 0.25) is 5.91 Å². The third kappa shape index (κ3) is 2.21. The van der Waals surface area contributed by atoms with Crippen molar-refractivity contribution < 1.29 is 4.79 Å². The van der Waals surface area contributed by atoms with Gasteiger partial charge in [0.1, 0.15) is 0 Å². The Morgan fingerprint density at radius 2 is 1.92 bits per heavy atom. The van der Waals surface area contributed by atoms with Crippen LogP contribution in [-0.2, 0) is 11.2 Å². The van der Waals surface area contributed by atoms with Crippen LogP contribution in [0.5, 0.6) is 0 Å². The number of benzene rings is 2. The van der Waals surface area contributed by atoms with Gasteiger partial charge >= 0.3 is 0 Å². The fourth-order valence-corrected chi connectivity index (χ4v) is 3.36. The van der Waals surface area contributed by atoms with E-state index in [2.05, 4.69) is 28.5 Å². The van der Waals surface area contributed by atoms with Gasteiger partial charge < -0.3 is 5.32 Å². The highest BCUT2D eigenvalue weighted by Crippen LogP contribution is 2.35. The van der Waals surface area contributed by atoms with Crippen molar-refractivity contribution in [3.8, 4) is 22.5 Å². The molecule has 0 unspecified atom stereocenters. The second-order valence-electron chi connectivity index (χ2n) is 6.08. The Morgan fingerprint density at radius 1 is 1.04 bits per heavy atom. The number of nitrogens with zero attached hydrogens (tertiary/aromatic N) is 3. The predicted molar refractivity (Wildman–Crippen MR) is 96.2 cm³/mol. The summed E-state index contributed by atoms with van der Waals surface area (Å²) in [5.74, 6) is 0.0396. The van der Waals surface area contributed by atoms with Crippen molar-refractivity contribution in [2.45, 2.75) is 6.42 Å². The second-order valence-corrected chi connectivity index (χ2v) is 6.08. The van der Waals surface area contributed by atoms with Gasteiger partial charge in [-0.15, -0.1) is 0 Å². The Kier molecular flexibility index (Phi) is 2.94. The molecule has 2 aromatic carbocycles. The van der Waals surface area contributed by atoms with Crippen molar-refractivity contribution in [1.82, 2.24) is 14.4 Å². The number of hydrogen-bond acceptors (Lipinski definition) is 3. The van der Waals surface area contributed by atoms with Gasteiger partial charge in [0.15, 0.2) is 5.65 Å². The number of imidazole rings is 1. The van der Waals surface area contributed by atoms with Crippen LogP contribution in [0.2, 0.25) is 0 Å². The number of hydrogen-bond donors (Lipinski definition) is 1. The monoisotopic (exact) mass is 326 g/mol. The van der Waals surface area contributed by atoms with Gasteiger partial charge in [-0.05, 0) is 17.7 Å². The maximum absolute atomic E-state index is 11.7. The molecule has 2 aromatic heterocycles. The number of amides is 1. The van der Waals surface area contributed by atoms with Gasteiger partial charge in [0, 0.05) is 29.2 Å². The maximum atomic E-state index is 11.7. The summed E-state index contributed by atoms with van der Waals surface area (Å²) in [7, 11) is 0. The molecule has 0 spiro atoms. The molecule has 120 valence electrons. The minimum absolute atomic E-state index is 0.0396. The number of carbonyl (C=O) groups is 1. The summed E-state index contributed by atoms with van der Waals surface area (Å²) < 4.78 is 2.04. The van der Waals surface area contributed by atoms with Gasteiger partial charge in [-0.2, -0.15) is 0 Å². The molecule has 1 N–H and O–H groups in total. The highest BCUT2D eigenvalue weighted by atomic mass is 16.1. The molecule has 3 heterocycles. The van der Waals surface area contributed by atoms with Crippen LogP contribution in [0.25, 0.3) is 28.2 Å². The van der Waals surface area contributed by atoms with Crippen molar-refractivity contribution in [3.05, 3.63) is 72.7 Å². The van der Waals surface area contributed by atoms with E-state index in [1.54, 1.807) is 12.4 Å². The summed E-state index contributed by atoms with van der Waals surface area (Å²) in [6.07, 6.45) is 5.85. The van der Waals surface area contributed by atoms with Crippen LogP contribution >= 0.6 is 0 Å². The zero-order valence-electron chi connectivity index (χ0n) is 13.3. The molecule has 25 heavy (non-hydrogen) atoms. The lowest BCUT2D eigenvalue weighted by Crippen LogP contribution is -2.03. The van der Waals surface area contributed by atoms with Crippen LogP contribution in [0.3, 0.4) is 0 Å². The quantitative estimate of drug-likeness (QED) is 0.613. The summed E-state index contributed by atoms with van der Waals surface area (Å²) in [6, 6.07) is 16.2. The van der Waals surface area contributed by atoms with Crippen molar-refractivity contribution in [3.63, 3.8) is 0 Å². The summed E-state index contributed by atoms with van der Waals surface area (Å²) in [5, 5.41) is 2.88. The van der Waals surface area contributed by atoms with Crippen LogP contribution in [0.1, 0.15) is 5.56 Å². The number of aromatic nitrogens is 3. The first-order valence-electron chi connectivity index (χ1n) is 8.10. The second kappa shape index (κ2) is 5.27. The first kappa shape index (κ1) is 13.9. The van der Waals surface area contributed by atoms with E-state index in [1.807, 2.05) is 40.9 Å². The Labute approximate surface area is 144 Å². The predicted octanol–water partition coefficient (Wildman–Crippen LogP) is 3.56.